The number of carboxylic acids is 1. The van der Waals surface area contributed by atoms with Crippen LogP contribution in [0.3, 0.4) is 0 Å². The third kappa shape index (κ3) is 4.31. The molecule has 0 amide bonds. The van der Waals surface area contributed by atoms with Gasteiger partial charge in [0.05, 0.1) is 16.3 Å². The Labute approximate surface area is 163 Å². The van der Waals surface area contributed by atoms with Crippen molar-refractivity contribution in [2.45, 2.75) is 19.2 Å². The van der Waals surface area contributed by atoms with Crippen LogP contribution in [0.4, 0.5) is 17.6 Å². The Morgan fingerprint density at radius 1 is 1.21 bits per heavy atom. The van der Waals surface area contributed by atoms with Gasteiger partial charge >= 0.3 is 23.8 Å². The van der Waals surface area contributed by atoms with E-state index in [1.165, 1.54) is 0 Å². The molecule has 1 aromatic carbocycles. The summed E-state index contributed by atoms with van der Waals surface area (Å²) < 4.78 is 57.8. The van der Waals surface area contributed by atoms with Crippen LogP contribution in [0.15, 0.2) is 27.8 Å². The molecule has 0 aliphatic carbocycles. The first-order valence-corrected chi connectivity index (χ1v) is 7.97. The van der Waals surface area contributed by atoms with Gasteiger partial charge in [0.2, 0.25) is 0 Å². The molecule has 2 rings (SSSR count). The molecule has 0 bridgehead atoms. The molecule has 1 aromatic heterocycles. The van der Waals surface area contributed by atoms with Gasteiger partial charge in [0.1, 0.15) is 11.5 Å². The molecular weight excluding hydrogens is 428 g/mol. The minimum Gasteiger partial charge on any atom is -0.479 e. The number of carbonyl (C=O) groups is 2. The van der Waals surface area contributed by atoms with E-state index in [1.807, 2.05) is 0 Å². The molecule has 0 saturated carbocycles. The first-order valence-electron chi connectivity index (χ1n) is 7.59. The Morgan fingerprint density at radius 2 is 1.79 bits per heavy atom. The highest BCUT2D eigenvalue weighted by Crippen LogP contribution is 2.27. The van der Waals surface area contributed by atoms with E-state index >= 15 is 0 Å². The number of carboxylic acid groups (broad SMARTS) is 1. The van der Waals surface area contributed by atoms with E-state index in [-0.39, 0.29) is 15.2 Å². The van der Waals surface area contributed by atoms with E-state index in [1.54, 1.807) is 0 Å². The summed E-state index contributed by atoms with van der Waals surface area (Å²) in [6.07, 6.45) is -6.62. The van der Waals surface area contributed by atoms with E-state index in [2.05, 4.69) is 4.74 Å². The minimum atomic E-state index is -5.02. The van der Waals surface area contributed by atoms with E-state index in [0.29, 0.717) is 12.1 Å². The summed E-state index contributed by atoms with van der Waals surface area (Å²) in [7, 11) is 0.721. The molecule has 0 unspecified atom stereocenters. The maximum absolute atomic E-state index is 14.3. The Hall–Kier alpha value is -3.15. The summed E-state index contributed by atoms with van der Waals surface area (Å²) in [5.41, 5.74) is -6.09. The van der Waals surface area contributed by atoms with Gasteiger partial charge in [-0.1, -0.05) is 11.6 Å². The van der Waals surface area contributed by atoms with Crippen LogP contribution >= 0.6 is 11.6 Å². The van der Waals surface area contributed by atoms with Gasteiger partial charge in [-0.25, -0.2) is 23.3 Å². The van der Waals surface area contributed by atoms with Crippen molar-refractivity contribution in [3.8, 4) is 5.69 Å². The topological polar surface area (TPSA) is 108 Å². The average molecular weight is 439 g/mol. The predicted octanol–water partition coefficient (Wildman–Crippen LogP) is 1.98. The van der Waals surface area contributed by atoms with E-state index in [9.17, 15) is 36.7 Å². The van der Waals surface area contributed by atoms with Crippen molar-refractivity contribution in [1.82, 2.24) is 9.13 Å². The zero-order valence-corrected chi connectivity index (χ0v) is 15.3. The van der Waals surface area contributed by atoms with Crippen LogP contribution < -0.4 is 11.2 Å². The first kappa shape index (κ1) is 22.1. The molecule has 8 nitrogen and oxygen atoms in total. The Balaban J connectivity index is 2.70. The molecule has 0 saturated heterocycles. The Morgan fingerprint density at radius 3 is 2.31 bits per heavy atom. The normalized spacial score (nSPS) is 12.5. The SMILES string of the molecule is C[C@H](OC(=O)c1cc(-n2c(=O)cc(C(F)(F)F)n(C)c2=O)c(F)cc1Cl)C(=O)O. The highest BCUT2D eigenvalue weighted by atomic mass is 35.5. The largest absolute Gasteiger partial charge is 0.479 e. The molecule has 156 valence electrons. The van der Waals surface area contributed by atoms with Crippen molar-refractivity contribution in [1.29, 1.82) is 0 Å². The van der Waals surface area contributed by atoms with Crippen molar-refractivity contribution >= 4 is 23.5 Å². The molecule has 0 radical (unpaired) electrons. The van der Waals surface area contributed by atoms with Gasteiger partial charge < -0.3 is 9.84 Å². The number of esters is 1. The van der Waals surface area contributed by atoms with Gasteiger partial charge in [0.25, 0.3) is 5.56 Å². The summed E-state index contributed by atoms with van der Waals surface area (Å²) in [5, 5.41) is 8.23. The summed E-state index contributed by atoms with van der Waals surface area (Å²) in [5.74, 6) is -4.11. The molecule has 13 heteroatoms. The van der Waals surface area contributed by atoms with Crippen molar-refractivity contribution in [3.63, 3.8) is 0 Å². The number of carbonyl (C=O) groups excluding carboxylic acids is 1. The van der Waals surface area contributed by atoms with Crippen molar-refractivity contribution in [2.24, 2.45) is 7.05 Å². The van der Waals surface area contributed by atoms with Gasteiger partial charge in [0.15, 0.2) is 6.10 Å². The first-order chi connectivity index (χ1) is 13.3. The summed E-state index contributed by atoms with van der Waals surface area (Å²) in [4.78, 5) is 47.2. The van der Waals surface area contributed by atoms with Crippen molar-refractivity contribution < 1.29 is 37.0 Å². The van der Waals surface area contributed by atoms with Crippen LogP contribution in [0.1, 0.15) is 23.0 Å². The van der Waals surface area contributed by atoms with Crippen molar-refractivity contribution in [2.75, 3.05) is 0 Å². The van der Waals surface area contributed by atoms with Gasteiger partial charge in [-0.15, -0.1) is 0 Å². The number of ether oxygens (including phenoxy) is 1. The number of benzene rings is 1. The number of aromatic nitrogens is 2. The molecule has 1 N–H and O–H groups in total. The molecular formula is C16H11ClF4N2O6. The lowest BCUT2D eigenvalue weighted by molar-refractivity contribution is -0.146. The van der Waals surface area contributed by atoms with Gasteiger partial charge in [-0.3, -0.25) is 9.36 Å². The molecule has 1 atom stereocenters. The maximum atomic E-state index is 14.3. The number of aliphatic carboxylic acids is 1. The second kappa shape index (κ2) is 7.70. The fraction of sp³-hybridized carbons (Fsp3) is 0.250. The number of hydrogen-bond acceptors (Lipinski definition) is 5. The third-order valence-electron chi connectivity index (χ3n) is 3.74. The number of halogens is 5. The standard InChI is InChI=1S/C16H11ClF4N2O6/c1-6(13(25)26)29-14(27)7-3-10(9(18)4-8(7)17)23-12(24)5-11(16(19,20)21)22(2)15(23)28/h3-6H,1-2H3,(H,25,26)/t6-/m0/s1. The smallest absolute Gasteiger partial charge is 0.431 e. The summed E-state index contributed by atoms with van der Waals surface area (Å²) in [6.45, 7) is 1.02. The molecule has 0 aliphatic rings. The van der Waals surface area contributed by atoms with Gasteiger partial charge in [0, 0.05) is 13.1 Å². The quantitative estimate of drug-likeness (QED) is 0.578. The fourth-order valence-corrected chi connectivity index (χ4v) is 2.49. The average Bonchev–Trinajstić information content (AvgIpc) is 2.58. The number of rotatable bonds is 4. The zero-order chi connectivity index (χ0) is 22.3. The minimum absolute atomic E-state index is 0.0678. The molecule has 29 heavy (non-hydrogen) atoms. The molecule has 0 spiro atoms. The molecule has 2 aromatic rings. The van der Waals surface area contributed by atoms with Crippen LogP contribution in [0.2, 0.25) is 5.02 Å². The lowest BCUT2D eigenvalue weighted by atomic mass is 10.2. The molecule has 0 fully saturated rings. The van der Waals surface area contributed by atoms with E-state index < -0.39 is 63.3 Å². The van der Waals surface area contributed by atoms with Crippen LogP contribution in [0, 0.1) is 5.82 Å². The fourth-order valence-electron chi connectivity index (χ4n) is 2.26. The molecule has 1 heterocycles. The number of alkyl halides is 3. The van der Waals surface area contributed by atoms with Gasteiger partial charge in [-0.05, 0) is 19.1 Å². The maximum Gasteiger partial charge on any atom is 0.431 e. The van der Waals surface area contributed by atoms with Crippen molar-refractivity contribution in [3.05, 3.63) is 61.1 Å². The van der Waals surface area contributed by atoms with Crippen LogP contribution in [0.25, 0.3) is 5.69 Å². The van der Waals surface area contributed by atoms with E-state index in [4.69, 9.17) is 16.7 Å². The number of nitrogens with zero attached hydrogens (tertiary/aromatic N) is 2. The van der Waals surface area contributed by atoms with Crippen LogP contribution in [-0.2, 0) is 22.8 Å². The monoisotopic (exact) mass is 438 g/mol. The second-order valence-electron chi connectivity index (χ2n) is 5.71. The zero-order valence-electron chi connectivity index (χ0n) is 14.6. The lowest BCUT2D eigenvalue weighted by Gasteiger charge is -2.15. The van der Waals surface area contributed by atoms with Crippen LogP contribution in [-0.4, -0.2) is 32.3 Å². The Bertz CT molecular complexity index is 1120. The summed E-state index contributed by atoms with van der Waals surface area (Å²) in [6, 6.07) is 1.22. The summed E-state index contributed by atoms with van der Waals surface area (Å²) >= 11 is 5.74. The predicted molar refractivity (Wildman–Crippen MR) is 89.8 cm³/mol. The van der Waals surface area contributed by atoms with E-state index in [0.717, 1.165) is 14.0 Å². The second-order valence-corrected chi connectivity index (χ2v) is 6.12. The highest BCUT2D eigenvalue weighted by molar-refractivity contribution is 6.33. The third-order valence-corrected chi connectivity index (χ3v) is 4.05. The lowest BCUT2D eigenvalue weighted by Crippen LogP contribution is -2.41. The number of hydrogen-bond donors (Lipinski definition) is 1. The van der Waals surface area contributed by atoms with Gasteiger partial charge in [-0.2, -0.15) is 13.2 Å². The molecule has 0 aliphatic heterocycles. The Kier molecular flexibility index (Phi) is 5.88. The van der Waals surface area contributed by atoms with Crippen LogP contribution in [0.5, 0.6) is 0 Å². The highest BCUT2D eigenvalue weighted by Gasteiger charge is 2.35.